The summed E-state index contributed by atoms with van der Waals surface area (Å²) in [5.41, 5.74) is 1.01. The van der Waals surface area contributed by atoms with Crippen LogP contribution >= 0.6 is 0 Å². The van der Waals surface area contributed by atoms with Crippen molar-refractivity contribution in [3.63, 3.8) is 0 Å². The largest absolute Gasteiger partial charge is 0.446 e. The van der Waals surface area contributed by atoms with Gasteiger partial charge in [-0.3, -0.25) is 0 Å². The minimum Gasteiger partial charge on any atom is -0.446 e. The van der Waals surface area contributed by atoms with E-state index >= 15 is 0 Å². The van der Waals surface area contributed by atoms with E-state index < -0.39 is 0 Å². The molecule has 1 aliphatic rings. The zero-order valence-corrected chi connectivity index (χ0v) is 21.1. The summed E-state index contributed by atoms with van der Waals surface area (Å²) < 4.78 is 5.62. The Hall–Kier alpha value is -1.92. The molecule has 6 nitrogen and oxygen atoms in total. The van der Waals surface area contributed by atoms with Crippen LogP contribution < -0.4 is 10.6 Å². The maximum Gasteiger partial charge on any atom is 0.409 e. The molecule has 1 aromatic carbocycles. The molecular formula is C27H45N3O3. The average molecular weight is 460 g/mol. The summed E-state index contributed by atoms with van der Waals surface area (Å²) in [6.07, 6.45) is 10.6. The van der Waals surface area contributed by atoms with E-state index in [-0.39, 0.29) is 29.8 Å². The fraction of sp³-hybridized carbons (Fsp3) is 0.704. The molecule has 1 saturated carbocycles. The Morgan fingerprint density at radius 1 is 1.09 bits per heavy atom. The fourth-order valence-corrected chi connectivity index (χ4v) is 4.35. The molecule has 2 N–H and O–H groups in total. The van der Waals surface area contributed by atoms with E-state index in [1.807, 2.05) is 25.2 Å². The summed E-state index contributed by atoms with van der Waals surface area (Å²) in [6.45, 7) is 7.87. The predicted octanol–water partition coefficient (Wildman–Crippen LogP) is 5.23. The second-order valence-electron chi connectivity index (χ2n) is 10.4. The van der Waals surface area contributed by atoms with Crippen molar-refractivity contribution < 1.29 is 14.3 Å². The van der Waals surface area contributed by atoms with Crippen molar-refractivity contribution in [1.29, 1.82) is 0 Å². The zero-order chi connectivity index (χ0) is 24.1. The molecule has 0 aromatic heterocycles. The Labute approximate surface area is 200 Å². The van der Waals surface area contributed by atoms with E-state index in [1.165, 1.54) is 19.3 Å². The van der Waals surface area contributed by atoms with Gasteiger partial charge in [0.05, 0.1) is 12.1 Å². The van der Waals surface area contributed by atoms with Crippen LogP contribution in [0.25, 0.3) is 0 Å². The molecule has 1 aliphatic carbocycles. The number of amides is 1. The first-order valence-corrected chi connectivity index (χ1v) is 12.7. The molecule has 2 rings (SSSR count). The van der Waals surface area contributed by atoms with Gasteiger partial charge in [0.2, 0.25) is 0 Å². The van der Waals surface area contributed by atoms with Crippen LogP contribution in [0.5, 0.6) is 0 Å². The highest BCUT2D eigenvalue weighted by atomic mass is 16.6. The molecule has 1 amide bonds. The van der Waals surface area contributed by atoms with Gasteiger partial charge in [0.1, 0.15) is 12.4 Å². The van der Waals surface area contributed by atoms with Crippen molar-refractivity contribution in [3.05, 3.63) is 35.9 Å². The molecule has 1 aromatic rings. The standard InChI is InChI=1S/C27H45N3O3/c1-27(2,3)29-25(22-15-9-7-10-16-22)24(21-31)28-19-13-5-6-14-20-30(4)26(32)33-23-17-11-8-12-18-23/h7,9-10,15-16,21,23-25,28-29H,5-6,8,11-14,17-20H2,1-4H3. The summed E-state index contributed by atoms with van der Waals surface area (Å²) in [5, 5.41) is 7.03. The maximum atomic E-state index is 12.2. The number of carbonyl (C=O) groups is 2. The molecule has 0 aliphatic heterocycles. The Morgan fingerprint density at radius 2 is 1.76 bits per heavy atom. The lowest BCUT2D eigenvalue weighted by Crippen LogP contribution is -2.49. The number of benzene rings is 1. The van der Waals surface area contributed by atoms with Crippen LogP contribution in [0.4, 0.5) is 4.79 Å². The van der Waals surface area contributed by atoms with Gasteiger partial charge in [0.25, 0.3) is 0 Å². The number of rotatable bonds is 13. The van der Waals surface area contributed by atoms with Gasteiger partial charge in [0.15, 0.2) is 0 Å². The van der Waals surface area contributed by atoms with Crippen molar-refractivity contribution in [3.8, 4) is 0 Å². The van der Waals surface area contributed by atoms with Gasteiger partial charge in [-0.1, -0.05) is 49.6 Å². The smallest absolute Gasteiger partial charge is 0.409 e. The van der Waals surface area contributed by atoms with Crippen LogP contribution in [0.1, 0.15) is 90.2 Å². The normalized spacial score (nSPS) is 16.7. The zero-order valence-electron chi connectivity index (χ0n) is 21.1. The van der Waals surface area contributed by atoms with E-state index in [0.29, 0.717) is 0 Å². The highest BCUT2D eigenvalue weighted by molar-refractivity contribution is 5.67. The SMILES string of the molecule is CN(CCCCCCNC(C=O)C(NC(C)(C)C)c1ccccc1)C(=O)OC1CCCCC1. The summed E-state index contributed by atoms with van der Waals surface area (Å²) in [6, 6.07) is 9.79. The molecular weight excluding hydrogens is 414 g/mol. The monoisotopic (exact) mass is 459 g/mol. The molecule has 186 valence electrons. The number of nitrogens with one attached hydrogen (secondary N) is 2. The summed E-state index contributed by atoms with van der Waals surface area (Å²) in [4.78, 5) is 25.8. The summed E-state index contributed by atoms with van der Waals surface area (Å²) >= 11 is 0. The summed E-state index contributed by atoms with van der Waals surface area (Å²) in [7, 11) is 1.83. The lowest BCUT2D eigenvalue weighted by molar-refractivity contribution is -0.110. The van der Waals surface area contributed by atoms with E-state index in [0.717, 1.165) is 63.5 Å². The molecule has 0 spiro atoms. The first kappa shape index (κ1) is 27.3. The van der Waals surface area contributed by atoms with Crippen LogP contribution in [0, 0.1) is 0 Å². The topological polar surface area (TPSA) is 70.7 Å². The van der Waals surface area contributed by atoms with Crippen molar-refractivity contribution in [2.45, 2.75) is 102 Å². The lowest BCUT2D eigenvalue weighted by atomic mass is 9.96. The van der Waals surface area contributed by atoms with Crippen LogP contribution in [0.15, 0.2) is 30.3 Å². The van der Waals surface area contributed by atoms with Gasteiger partial charge in [-0.2, -0.15) is 0 Å². The first-order chi connectivity index (χ1) is 15.8. The molecule has 0 radical (unpaired) electrons. The van der Waals surface area contributed by atoms with Gasteiger partial charge in [0, 0.05) is 19.1 Å². The second kappa shape index (κ2) is 14.4. The van der Waals surface area contributed by atoms with Gasteiger partial charge in [-0.05, 0) is 71.4 Å². The molecule has 0 bridgehead atoms. The number of nitrogens with zero attached hydrogens (tertiary/aromatic N) is 1. The van der Waals surface area contributed by atoms with Gasteiger partial charge >= 0.3 is 6.09 Å². The Morgan fingerprint density at radius 3 is 2.39 bits per heavy atom. The average Bonchev–Trinajstić information content (AvgIpc) is 2.80. The fourth-order valence-electron chi connectivity index (χ4n) is 4.35. The molecule has 2 atom stereocenters. The van der Waals surface area contributed by atoms with Crippen molar-refractivity contribution in [2.24, 2.45) is 0 Å². The van der Waals surface area contributed by atoms with Crippen LogP contribution in [-0.2, 0) is 9.53 Å². The molecule has 2 unspecified atom stereocenters. The highest BCUT2D eigenvalue weighted by Gasteiger charge is 2.26. The number of aldehydes is 1. The van der Waals surface area contributed by atoms with E-state index in [9.17, 15) is 9.59 Å². The first-order valence-electron chi connectivity index (χ1n) is 12.7. The van der Waals surface area contributed by atoms with Crippen molar-refractivity contribution >= 4 is 12.4 Å². The predicted molar refractivity (Wildman–Crippen MR) is 134 cm³/mol. The van der Waals surface area contributed by atoms with Gasteiger partial charge in [-0.25, -0.2) is 4.79 Å². The van der Waals surface area contributed by atoms with Crippen molar-refractivity contribution in [2.75, 3.05) is 20.1 Å². The van der Waals surface area contributed by atoms with E-state index in [1.54, 1.807) is 4.90 Å². The Balaban J connectivity index is 1.66. The highest BCUT2D eigenvalue weighted by Crippen LogP contribution is 2.21. The molecule has 0 saturated heterocycles. The number of ether oxygens (including phenoxy) is 1. The Bertz CT molecular complexity index is 684. The third-order valence-corrected chi connectivity index (χ3v) is 6.18. The Kier molecular flexibility index (Phi) is 11.9. The maximum absolute atomic E-state index is 12.2. The number of unbranched alkanes of at least 4 members (excludes halogenated alkanes) is 3. The minimum atomic E-state index is -0.285. The van der Waals surface area contributed by atoms with Crippen LogP contribution in [0.2, 0.25) is 0 Å². The van der Waals surface area contributed by atoms with Crippen molar-refractivity contribution in [1.82, 2.24) is 15.5 Å². The number of hydrogen-bond donors (Lipinski definition) is 2. The molecule has 1 fully saturated rings. The van der Waals surface area contributed by atoms with Crippen LogP contribution in [-0.4, -0.2) is 55.1 Å². The number of carbonyl (C=O) groups excluding carboxylic acids is 2. The van der Waals surface area contributed by atoms with Crippen LogP contribution in [0.3, 0.4) is 0 Å². The minimum absolute atomic E-state index is 0.0764. The summed E-state index contributed by atoms with van der Waals surface area (Å²) in [5.74, 6) is 0. The second-order valence-corrected chi connectivity index (χ2v) is 10.4. The van der Waals surface area contributed by atoms with Gasteiger partial charge in [-0.15, -0.1) is 0 Å². The van der Waals surface area contributed by atoms with Gasteiger partial charge < -0.3 is 25.1 Å². The third-order valence-electron chi connectivity index (χ3n) is 6.18. The quantitative estimate of drug-likeness (QED) is 0.312. The lowest BCUT2D eigenvalue weighted by Gasteiger charge is -2.32. The van der Waals surface area contributed by atoms with E-state index in [2.05, 4.69) is 43.5 Å². The molecule has 6 heteroatoms. The molecule has 0 heterocycles. The third kappa shape index (κ3) is 10.7. The number of hydrogen-bond acceptors (Lipinski definition) is 5. The van der Waals surface area contributed by atoms with E-state index in [4.69, 9.17) is 4.74 Å². The molecule has 33 heavy (non-hydrogen) atoms.